The Morgan fingerprint density at radius 1 is 1.17 bits per heavy atom. The minimum absolute atomic E-state index is 0.0725. The highest BCUT2D eigenvalue weighted by Crippen LogP contribution is 2.28. The maximum absolute atomic E-state index is 12.0. The summed E-state index contributed by atoms with van der Waals surface area (Å²) in [5, 5.41) is -2.17. The molecule has 1 aromatic carbocycles. The van der Waals surface area contributed by atoms with E-state index < -0.39 is 28.5 Å². The van der Waals surface area contributed by atoms with Crippen LogP contribution in [0.1, 0.15) is 11.5 Å². The van der Waals surface area contributed by atoms with Crippen LogP contribution in [0.15, 0.2) is 24.3 Å². The zero-order valence-electron chi connectivity index (χ0n) is 8.50. The molecule has 0 aromatic heterocycles. The van der Waals surface area contributed by atoms with Crippen molar-refractivity contribution in [1.82, 2.24) is 0 Å². The molecule has 0 radical (unpaired) electrons. The first-order valence-corrected chi connectivity index (χ1v) is 5.20. The van der Waals surface area contributed by atoms with Crippen molar-refractivity contribution in [1.29, 1.82) is 0 Å². The zero-order chi connectivity index (χ0) is 13.9. The highest BCUT2D eigenvalue weighted by atomic mass is 35.5. The van der Waals surface area contributed by atoms with Crippen molar-refractivity contribution in [2.45, 2.75) is 12.3 Å². The largest absolute Gasteiger partial charge is 0.573 e. The Bertz CT molecular complexity index is 460. The summed E-state index contributed by atoms with van der Waals surface area (Å²) in [6.45, 7) is 0. The van der Waals surface area contributed by atoms with E-state index in [4.69, 9.17) is 23.2 Å². The van der Waals surface area contributed by atoms with E-state index in [1.165, 1.54) is 12.1 Å². The van der Waals surface area contributed by atoms with Crippen LogP contribution in [0.25, 0.3) is 0 Å². The van der Waals surface area contributed by atoms with Gasteiger partial charge in [0.1, 0.15) is 11.7 Å². The number of alkyl halides is 3. The first-order valence-electron chi connectivity index (χ1n) is 4.45. The minimum atomic E-state index is -4.87. The highest BCUT2D eigenvalue weighted by Gasteiger charge is 2.32. The lowest BCUT2D eigenvalue weighted by atomic mass is 10.0. The Morgan fingerprint density at radius 2 is 1.72 bits per heavy atom. The van der Waals surface area contributed by atoms with Gasteiger partial charge in [0.05, 0.1) is 0 Å². The lowest BCUT2D eigenvalue weighted by Gasteiger charge is -2.12. The molecule has 0 spiro atoms. The number of hydrogen-bond acceptors (Lipinski definition) is 3. The van der Waals surface area contributed by atoms with Crippen molar-refractivity contribution < 1.29 is 27.5 Å². The first-order chi connectivity index (χ1) is 8.20. The molecule has 0 aliphatic carbocycles. The molecule has 0 unspecified atom stereocenters. The van der Waals surface area contributed by atoms with Gasteiger partial charge in [-0.15, -0.1) is 13.2 Å². The van der Waals surface area contributed by atoms with E-state index in [2.05, 4.69) is 4.74 Å². The van der Waals surface area contributed by atoms with Crippen molar-refractivity contribution >= 4 is 33.7 Å². The zero-order valence-corrected chi connectivity index (χ0v) is 10.0. The minimum Gasteiger partial charge on any atom is -0.406 e. The lowest BCUT2D eigenvalue weighted by molar-refractivity contribution is -0.274. The maximum Gasteiger partial charge on any atom is 0.573 e. The summed E-state index contributed by atoms with van der Waals surface area (Å²) in [5.41, 5.74) is -0.0725. The van der Waals surface area contributed by atoms with Crippen LogP contribution < -0.4 is 4.74 Å². The summed E-state index contributed by atoms with van der Waals surface area (Å²) in [7, 11) is 0. The summed E-state index contributed by atoms with van der Waals surface area (Å²) in [5.74, 6) is -2.09. The maximum atomic E-state index is 12.0. The number of benzene rings is 1. The average molecular weight is 301 g/mol. The average Bonchev–Trinajstić information content (AvgIpc) is 2.13. The summed E-state index contributed by atoms with van der Waals surface area (Å²) < 4.78 is 39.6. The Morgan fingerprint density at radius 3 is 2.17 bits per heavy atom. The van der Waals surface area contributed by atoms with Crippen LogP contribution in [0.5, 0.6) is 5.75 Å². The van der Waals surface area contributed by atoms with Crippen LogP contribution in [-0.4, -0.2) is 16.8 Å². The molecule has 1 rings (SSSR count). The Kier molecular flexibility index (Phi) is 4.59. The molecule has 98 valence electrons. The van der Waals surface area contributed by atoms with Gasteiger partial charge in [-0.2, -0.15) is 0 Å². The number of carbonyl (C=O) groups is 2. The second-order valence-corrected chi connectivity index (χ2v) is 3.91. The van der Waals surface area contributed by atoms with Gasteiger partial charge in [-0.3, -0.25) is 9.59 Å². The molecule has 0 saturated heterocycles. The fraction of sp³-hybridized carbons (Fsp3) is 0.200. The van der Waals surface area contributed by atoms with E-state index in [-0.39, 0.29) is 5.56 Å². The molecule has 0 bridgehead atoms. The summed E-state index contributed by atoms with van der Waals surface area (Å²) >= 11 is 10.3. The molecule has 0 N–H and O–H groups in total. The van der Waals surface area contributed by atoms with Gasteiger partial charge in [0.15, 0.2) is 0 Å². The summed E-state index contributed by atoms with van der Waals surface area (Å²) in [6, 6.07) is 4.32. The van der Waals surface area contributed by atoms with E-state index in [0.29, 0.717) is 0 Å². The van der Waals surface area contributed by atoms with Crippen LogP contribution >= 0.6 is 23.2 Å². The predicted molar refractivity (Wildman–Crippen MR) is 57.6 cm³/mol. The van der Waals surface area contributed by atoms with Gasteiger partial charge in [0, 0.05) is 0 Å². The molecule has 0 amide bonds. The predicted octanol–water partition coefficient (Wildman–Crippen LogP) is 3.20. The van der Waals surface area contributed by atoms with Crippen molar-refractivity contribution in [3.8, 4) is 5.75 Å². The van der Waals surface area contributed by atoms with E-state index in [1.807, 2.05) is 0 Å². The molecule has 3 nitrogen and oxygen atoms in total. The third-order valence-electron chi connectivity index (χ3n) is 1.88. The van der Waals surface area contributed by atoms with Gasteiger partial charge in [0.2, 0.25) is 10.5 Å². The Hall–Kier alpha value is -1.27. The SMILES string of the molecule is O=C(Cl)C(C(=O)Cl)c1cccc(OC(F)(F)F)c1. The summed E-state index contributed by atoms with van der Waals surface area (Å²) in [4.78, 5) is 22.0. The van der Waals surface area contributed by atoms with Gasteiger partial charge < -0.3 is 4.74 Å². The topological polar surface area (TPSA) is 43.4 Å². The van der Waals surface area contributed by atoms with Gasteiger partial charge in [-0.25, -0.2) is 0 Å². The molecule has 18 heavy (non-hydrogen) atoms. The van der Waals surface area contributed by atoms with E-state index in [1.54, 1.807) is 0 Å². The van der Waals surface area contributed by atoms with E-state index in [9.17, 15) is 22.8 Å². The Labute approximate surface area is 109 Å². The normalized spacial score (nSPS) is 11.4. The van der Waals surface area contributed by atoms with Gasteiger partial charge in [-0.05, 0) is 40.9 Å². The Balaban J connectivity index is 3.07. The smallest absolute Gasteiger partial charge is 0.406 e. The molecule has 0 atom stereocenters. The molecule has 8 heteroatoms. The molecule has 1 aromatic rings. The van der Waals surface area contributed by atoms with Crippen molar-refractivity contribution in [3.63, 3.8) is 0 Å². The van der Waals surface area contributed by atoms with E-state index in [0.717, 1.165) is 12.1 Å². The quantitative estimate of drug-likeness (QED) is 0.633. The third-order valence-corrected chi connectivity index (χ3v) is 2.32. The molecule has 0 heterocycles. The number of ether oxygens (including phenoxy) is 1. The summed E-state index contributed by atoms with van der Waals surface area (Å²) in [6.07, 6.45) is -4.87. The van der Waals surface area contributed by atoms with Crippen LogP contribution in [0.3, 0.4) is 0 Å². The van der Waals surface area contributed by atoms with E-state index >= 15 is 0 Å². The fourth-order valence-corrected chi connectivity index (χ4v) is 1.75. The van der Waals surface area contributed by atoms with Gasteiger partial charge >= 0.3 is 6.36 Å². The number of hydrogen-bond donors (Lipinski definition) is 0. The number of rotatable bonds is 4. The van der Waals surface area contributed by atoms with Crippen molar-refractivity contribution in [2.24, 2.45) is 0 Å². The molecular weight excluding hydrogens is 296 g/mol. The molecule has 0 aliphatic rings. The molecule has 0 fully saturated rings. The number of halogens is 5. The van der Waals surface area contributed by atoms with Crippen LogP contribution in [0, 0.1) is 0 Å². The highest BCUT2D eigenvalue weighted by molar-refractivity contribution is 6.74. The fourth-order valence-electron chi connectivity index (χ4n) is 1.24. The monoisotopic (exact) mass is 300 g/mol. The molecule has 0 saturated carbocycles. The molecular formula is C10H5Cl2F3O3. The lowest BCUT2D eigenvalue weighted by Crippen LogP contribution is -2.18. The van der Waals surface area contributed by atoms with Crippen LogP contribution in [-0.2, 0) is 9.59 Å². The second kappa shape index (κ2) is 5.58. The van der Waals surface area contributed by atoms with Crippen molar-refractivity contribution in [3.05, 3.63) is 29.8 Å². The standard InChI is InChI=1S/C10H5Cl2F3O3/c11-8(16)7(9(12)17)5-2-1-3-6(4-5)18-10(13,14)15/h1-4,7H. The van der Waals surface area contributed by atoms with Crippen LogP contribution in [0.4, 0.5) is 13.2 Å². The second-order valence-electron chi connectivity index (χ2n) is 3.16. The van der Waals surface area contributed by atoms with Gasteiger partial charge in [0.25, 0.3) is 0 Å². The third kappa shape index (κ3) is 4.19. The van der Waals surface area contributed by atoms with Crippen LogP contribution in [0.2, 0.25) is 0 Å². The van der Waals surface area contributed by atoms with Crippen molar-refractivity contribution in [2.75, 3.05) is 0 Å². The van der Waals surface area contributed by atoms with Gasteiger partial charge in [-0.1, -0.05) is 12.1 Å². The number of carbonyl (C=O) groups excluding carboxylic acids is 2. The first kappa shape index (κ1) is 14.8. The molecule has 0 aliphatic heterocycles.